The predicted molar refractivity (Wildman–Crippen MR) is 67.1 cm³/mol. The van der Waals surface area contributed by atoms with E-state index in [4.69, 9.17) is 0 Å². The second-order valence-electron chi connectivity index (χ2n) is 3.30. The molecule has 0 aromatic carbocycles. The number of aromatic nitrogens is 3. The number of rotatable bonds is 3. The summed E-state index contributed by atoms with van der Waals surface area (Å²) < 4.78 is 1.67. The molecule has 2 rings (SSSR count). The van der Waals surface area contributed by atoms with Gasteiger partial charge in [-0.05, 0) is 13.0 Å². The average molecular weight is 234 g/mol. The molecule has 2 aromatic heterocycles. The number of carbonyl (C=O) groups excluding carboxylic acids is 1. The van der Waals surface area contributed by atoms with Gasteiger partial charge >= 0.3 is 6.69 Å². The number of thiol groups is 1. The van der Waals surface area contributed by atoms with E-state index in [1.165, 1.54) is 0 Å². The molecule has 5 nitrogen and oxygen atoms in total. The Morgan fingerprint density at radius 2 is 2.44 bits per heavy atom. The van der Waals surface area contributed by atoms with Crippen LogP contribution in [0.1, 0.15) is 17.3 Å². The first-order valence-electron chi connectivity index (χ1n) is 4.97. The summed E-state index contributed by atoms with van der Waals surface area (Å²) in [6.07, 6.45) is 3.35. The molecule has 2 heterocycles. The van der Waals surface area contributed by atoms with E-state index in [9.17, 15) is 4.79 Å². The van der Waals surface area contributed by atoms with Gasteiger partial charge in [-0.1, -0.05) is 0 Å². The van der Waals surface area contributed by atoms with Gasteiger partial charge in [-0.3, -0.25) is 9.78 Å². The van der Waals surface area contributed by atoms with Crippen molar-refractivity contribution in [2.24, 2.45) is 0 Å². The number of fused-ring (bicyclic) bond motifs is 1. The highest BCUT2D eigenvalue weighted by molar-refractivity contribution is 8.06. The zero-order valence-electron chi connectivity index (χ0n) is 8.84. The van der Waals surface area contributed by atoms with E-state index in [0.717, 1.165) is 5.52 Å². The molecular formula is C9H11BN4OS. The predicted octanol–water partition coefficient (Wildman–Crippen LogP) is 0.225. The minimum Gasteiger partial charge on any atom is -0.352 e. The van der Waals surface area contributed by atoms with Gasteiger partial charge in [0.2, 0.25) is 0 Å². The van der Waals surface area contributed by atoms with Crippen LogP contribution in [0, 0.1) is 0 Å². The van der Waals surface area contributed by atoms with E-state index < -0.39 is 0 Å². The maximum absolute atomic E-state index is 11.6. The molecule has 82 valence electrons. The highest BCUT2D eigenvalue weighted by atomic mass is 32.1. The van der Waals surface area contributed by atoms with Crippen LogP contribution in [0.4, 0.5) is 0 Å². The van der Waals surface area contributed by atoms with Crippen LogP contribution in [0.5, 0.6) is 0 Å². The largest absolute Gasteiger partial charge is 0.352 e. The van der Waals surface area contributed by atoms with Gasteiger partial charge in [-0.15, -0.1) is 0 Å². The lowest BCUT2D eigenvalue weighted by atomic mass is 10.2. The SMILES string of the molecule is CCNC(=O)c1cnc2cn(BS)nc2c1. The molecule has 16 heavy (non-hydrogen) atoms. The summed E-state index contributed by atoms with van der Waals surface area (Å²) in [6, 6.07) is 1.73. The normalized spacial score (nSPS) is 10.4. The summed E-state index contributed by atoms with van der Waals surface area (Å²) in [4.78, 5) is 15.7. The number of nitrogens with zero attached hydrogens (tertiary/aromatic N) is 3. The van der Waals surface area contributed by atoms with Crippen molar-refractivity contribution in [1.29, 1.82) is 0 Å². The van der Waals surface area contributed by atoms with Gasteiger partial charge in [0.05, 0.1) is 5.56 Å². The van der Waals surface area contributed by atoms with Crippen molar-refractivity contribution in [3.63, 3.8) is 0 Å². The van der Waals surface area contributed by atoms with Crippen molar-refractivity contribution >= 4 is 36.1 Å². The number of hydrogen-bond donors (Lipinski definition) is 2. The molecule has 7 heteroatoms. The summed E-state index contributed by atoms with van der Waals surface area (Å²) >= 11 is 4.11. The summed E-state index contributed by atoms with van der Waals surface area (Å²) in [7, 11) is 0. The second kappa shape index (κ2) is 4.57. The van der Waals surface area contributed by atoms with Crippen molar-refractivity contribution < 1.29 is 4.79 Å². The molecule has 0 atom stereocenters. The Morgan fingerprint density at radius 3 is 3.12 bits per heavy atom. The first-order chi connectivity index (χ1) is 7.74. The van der Waals surface area contributed by atoms with Crippen molar-refractivity contribution in [3.05, 3.63) is 24.0 Å². The van der Waals surface area contributed by atoms with E-state index in [2.05, 4.69) is 27.9 Å². The zero-order chi connectivity index (χ0) is 11.5. The van der Waals surface area contributed by atoms with Gasteiger partial charge in [-0.2, -0.15) is 5.10 Å². The van der Waals surface area contributed by atoms with E-state index in [1.807, 2.05) is 6.92 Å². The topological polar surface area (TPSA) is 59.8 Å². The van der Waals surface area contributed by atoms with Gasteiger partial charge in [0, 0.05) is 18.9 Å². The molecule has 0 aliphatic carbocycles. The lowest BCUT2D eigenvalue weighted by Gasteiger charge is -2.00. The molecule has 1 N–H and O–H groups in total. The van der Waals surface area contributed by atoms with Crippen LogP contribution >= 0.6 is 12.5 Å². The molecule has 0 aliphatic rings. The summed E-state index contributed by atoms with van der Waals surface area (Å²) in [5.41, 5.74) is 2.00. The molecule has 1 amide bonds. The van der Waals surface area contributed by atoms with E-state index in [1.54, 1.807) is 23.1 Å². The van der Waals surface area contributed by atoms with Crippen LogP contribution in [0.3, 0.4) is 0 Å². The fourth-order valence-corrected chi connectivity index (χ4v) is 1.56. The monoisotopic (exact) mass is 234 g/mol. The van der Waals surface area contributed by atoms with Gasteiger partial charge < -0.3 is 9.91 Å². The Bertz CT molecular complexity index is 527. The molecule has 0 saturated heterocycles. The van der Waals surface area contributed by atoms with Crippen LogP contribution in [0.15, 0.2) is 18.5 Å². The van der Waals surface area contributed by atoms with Gasteiger partial charge in [-0.25, -0.2) is 12.5 Å². The number of hydrogen-bond acceptors (Lipinski definition) is 4. The minimum absolute atomic E-state index is 0.127. The van der Waals surface area contributed by atoms with Crippen molar-refractivity contribution in [2.45, 2.75) is 6.92 Å². The first kappa shape index (κ1) is 11.0. The van der Waals surface area contributed by atoms with Crippen molar-refractivity contribution in [1.82, 2.24) is 20.0 Å². The number of carbonyl (C=O) groups is 1. The third-order valence-corrected chi connectivity index (χ3v) is 2.44. The van der Waals surface area contributed by atoms with Crippen LogP contribution in [-0.4, -0.2) is 33.8 Å². The second-order valence-corrected chi connectivity index (χ2v) is 3.58. The van der Waals surface area contributed by atoms with Crippen molar-refractivity contribution in [2.75, 3.05) is 6.54 Å². The molecule has 0 fully saturated rings. The number of pyridine rings is 1. The average Bonchev–Trinajstić information content (AvgIpc) is 2.70. The maximum Gasteiger partial charge on any atom is 0.327 e. The fraction of sp³-hybridized carbons (Fsp3) is 0.222. The lowest BCUT2D eigenvalue weighted by Crippen LogP contribution is -2.22. The Morgan fingerprint density at radius 1 is 1.62 bits per heavy atom. The Kier molecular flexibility index (Phi) is 3.14. The van der Waals surface area contributed by atoms with E-state index in [0.29, 0.717) is 24.3 Å². The highest BCUT2D eigenvalue weighted by Gasteiger charge is 2.08. The van der Waals surface area contributed by atoms with Crippen LogP contribution in [0.25, 0.3) is 11.0 Å². The molecule has 0 spiro atoms. The standard InChI is InChI=1S/C9H11BN4OS/c1-2-11-9(15)6-3-7-8(12-4-6)5-14(10-16)13-7/h3-5,10,16H,2H2,1H3,(H,11,15). The van der Waals surface area contributed by atoms with E-state index >= 15 is 0 Å². The summed E-state index contributed by atoms with van der Waals surface area (Å²) in [5, 5.41) is 6.95. The van der Waals surface area contributed by atoms with Crippen LogP contribution in [0.2, 0.25) is 0 Å². The third-order valence-electron chi connectivity index (χ3n) is 2.15. The van der Waals surface area contributed by atoms with Crippen LogP contribution in [-0.2, 0) is 0 Å². The first-order valence-corrected chi connectivity index (χ1v) is 5.60. The van der Waals surface area contributed by atoms with Crippen molar-refractivity contribution in [3.8, 4) is 0 Å². The van der Waals surface area contributed by atoms with E-state index in [-0.39, 0.29) is 5.91 Å². The third kappa shape index (κ3) is 2.04. The Hall–Kier alpha value is -1.50. The summed E-state index contributed by atoms with van der Waals surface area (Å²) in [6.45, 7) is 2.97. The minimum atomic E-state index is -0.127. The molecule has 0 saturated carbocycles. The van der Waals surface area contributed by atoms with Gasteiger partial charge in [0.15, 0.2) is 0 Å². The van der Waals surface area contributed by atoms with Gasteiger partial charge in [0.1, 0.15) is 11.0 Å². The maximum atomic E-state index is 11.6. The fourth-order valence-electron chi connectivity index (χ4n) is 1.41. The van der Waals surface area contributed by atoms with Gasteiger partial charge in [0.25, 0.3) is 5.91 Å². The molecule has 0 radical (unpaired) electrons. The number of nitrogens with one attached hydrogen (secondary N) is 1. The highest BCUT2D eigenvalue weighted by Crippen LogP contribution is 2.10. The zero-order valence-corrected chi connectivity index (χ0v) is 9.74. The Balaban J connectivity index is 2.39. The molecule has 2 aromatic rings. The molecule has 0 unspecified atom stereocenters. The molecule has 0 aliphatic heterocycles. The Labute approximate surface area is 98.8 Å². The quantitative estimate of drug-likeness (QED) is 0.590. The molecule has 0 bridgehead atoms. The summed E-state index contributed by atoms with van der Waals surface area (Å²) in [5.74, 6) is -0.127. The van der Waals surface area contributed by atoms with Crippen LogP contribution < -0.4 is 5.32 Å². The molecular weight excluding hydrogens is 223 g/mol. The lowest BCUT2D eigenvalue weighted by molar-refractivity contribution is 0.0955. The smallest absolute Gasteiger partial charge is 0.327 e. The number of amides is 1.